The molecule has 0 unspecified atom stereocenters. The lowest BCUT2D eigenvalue weighted by Crippen LogP contribution is -2.27. The Labute approximate surface area is 169 Å². The molecule has 1 fully saturated rings. The van der Waals surface area contributed by atoms with Gasteiger partial charge in [-0.1, -0.05) is 6.07 Å². The van der Waals surface area contributed by atoms with Gasteiger partial charge in [-0.2, -0.15) is 4.31 Å². The van der Waals surface area contributed by atoms with Gasteiger partial charge in [-0.3, -0.25) is 0 Å². The molecule has 4 rings (SSSR count). The first-order chi connectivity index (χ1) is 13.9. The van der Waals surface area contributed by atoms with Gasteiger partial charge in [0.1, 0.15) is 22.4 Å². The summed E-state index contributed by atoms with van der Waals surface area (Å²) in [5, 5.41) is 3.10. The Hall–Kier alpha value is -2.78. The van der Waals surface area contributed by atoms with E-state index in [0.29, 0.717) is 37.0 Å². The fourth-order valence-electron chi connectivity index (χ4n) is 3.40. The quantitative estimate of drug-likeness (QED) is 0.669. The van der Waals surface area contributed by atoms with Crippen LogP contribution in [0, 0.1) is 12.7 Å². The molecule has 0 bridgehead atoms. The summed E-state index contributed by atoms with van der Waals surface area (Å²) in [6.45, 7) is 3.30. The number of nitrogens with zero attached hydrogens (tertiary/aromatic N) is 4. The van der Waals surface area contributed by atoms with Crippen molar-refractivity contribution >= 4 is 15.8 Å². The summed E-state index contributed by atoms with van der Waals surface area (Å²) in [4.78, 5) is 8.50. The molecular weight excluding hydrogens is 393 g/mol. The smallest absolute Gasteiger partial charge is 0.244 e. The van der Waals surface area contributed by atoms with Crippen LogP contribution >= 0.6 is 0 Å². The molecule has 3 aromatic rings. The van der Waals surface area contributed by atoms with Crippen molar-refractivity contribution in [1.82, 2.24) is 18.8 Å². The number of aryl methyl sites for hydroxylation is 1. The van der Waals surface area contributed by atoms with Crippen LogP contribution in [-0.2, 0) is 16.6 Å². The highest BCUT2D eigenvalue weighted by Gasteiger charge is 2.27. The summed E-state index contributed by atoms with van der Waals surface area (Å²) in [7, 11) is -3.47. The number of hydrogen-bond acceptors (Lipinski definition) is 5. The number of pyridine rings is 1. The normalized spacial score (nSPS) is 15.0. The molecule has 9 heteroatoms. The Balaban J connectivity index is 1.43. The number of nitrogens with one attached hydrogen (secondary N) is 1. The van der Waals surface area contributed by atoms with E-state index in [9.17, 15) is 12.8 Å². The van der Waals surface area contributed by atoms with E-state index in [1.165, 1.54) is 16.6 Å². The molecule has 1 aliphatic rings. The number of rotatable bonds is 6. The third-order valence-corrected chi connectivity index (χ3v) is 6.89. The molecule has 152 valence electrons. The Kier molecular flexibility index (Phi) is 5.33. The standard InChI is InChI=1S/C20H22FN5O2S/c1-15-22-8-11-26(15)19-6-4-16(12-18(19)21)13-23-20-7-5-17(14-24-20)29(27,28)25-9-2-3-10-25/h4-8,11-12,14H,2-3,9-10,13H2,1H3,(H,23,24). The number of sulfonamides is 1. The molecular formula is C20H22FN5O2S. The molecule has 1 saturated heterocycles. The highest BCUT2D eigenvalue weighted by molar-refractivity contribution is 7.89. The minimum Gasteiger partial charge on any atom is -0.366 e. The highest BCUT2D eigenvalue weighted by atomic mass is 32.2. The van der Waals surface area contributed by atoms with Crippen molar-refractivity contribution in [3.63, 3.8) is 0 Å². The number of benzene rings is 1. The molecule has 1 N–H and O–H groups in total. The van der Waals surface area contributed by atoms with Crippen LogP contribution in [0.25, 0.3) is 5.69 Å². The van der Waals surface area contributed by atoms with Crippen LogP contribution in [0.15, 0.2) is 53.8 Å². The SMILES string of the molecule is Cc1nccn1-c1ccc(CNc2ccc(S(=O)(=O)N3CCCC3)cn2)cc1F. The van der Waals surface area contributed by atoms with Crippen molar-refractivity contribution in [2.45, 2.75) is 31.2 Å². The zero-order valence-corrected chi connectivity index (χ0v) is 16.9. The van der Waals surface area contributed by atoms with Gasteiger partial charge in [0.25, 0.3) is 0 Å². The minimum absolute atomic E-state index is 0.191. The average molecular weight is 415 g/mol. The topological polar surface area (TPSA) is 80.1 Å². The van der Waals surface area contributed by atoms with Crippen LogP contribution in [0.3, 0.4) is 0 Å². The van der Waals surface area contributed by atoms with E-state index in [2.05, 4.69) is 15.3 Å². The Morgan fingerprint density at radius 2 is 1.93 bits per heavy atom. The number of aromatic nitrogens is 3. The maximum absolute atomic E-state index is 14.5. The highest BCUT2D eigenvalue weighted by Crippen LogP contribution is 2.21. The molecule has 0 spiro atoms. The lowest BCUT2D eigenvalue weighted by Gasteiger charge is -2.15. The van der Waals surface area contributed by atoms with Crippen molar-refractivity contribution in [3.05, 3.63) is 66.1 Å². The van der Waals surface area contributed by atoms with Crippen LogP contribution in [-0.4, -0.2) is 40.3 Å². The average Bonchev–Trinajstić information content (AvgIpc) is 3.39. The predicted molar refractivity (Wildman–Crippen MR) is 108 cm³/mol. The fourth-order valence-corrected chi connectivity index (χ4v) is 4.86. The molecule has 29 heavy (non-hydrogen) atoms. The van der Waals surface area contributed by atoms with Crippen molar-refractivity contribution in [3.8, 4) is 5.69 Å². The van der Waals surface area contributed by atoms with Crippen LogP contribution in [0.2, 0.25) is 0 Å². The maximum Gasteiger partial charge on any atom is 0.244 e. The maximum atomic E-state index is 14.5. The first kappa shape index (κ1) is 19.5. The summed E-state index contributed by atoms with van der Waals surface area (Å²) >= 11 is 0. The third kappa shape index (κ3) is 4.01. The van der Waals surface area contributed by atoms with Crippen molar-refractivity contribution in [2.24, 2.45) is 0 Å². The number of imidazole rings is 1. The van der Waals surface area contributed by atoms with E-state index in [1.54, 1.807) is 35.2 Å². The van der Waals surface area contributed by atoms with Crippen LogP contribution in [0.5, 0.6) is 0 Å². The number of hydrogen-bond donors (Lipinski definition) is 1. The summed E-state index contributed by atoms with van der Waals surface area (Å²) in [6.07, 6.45) is 6.49. The van der Waals surface area contributed by atoms with Gasteiger partial charge in [0.15, 0.2) is 0 Å². The molecule has 3 heterocycles. The first-order valence-electron chi connectivity index (χ1n) is 9.44. The monoisotopic (exact) mass is 415 g/mol. The fraction of sp³-hybridized carbons (Fsp3) is 0.300. The lowest BCUT2D eigenvalue weighted by atomic mass is 10.2. The molecule has 0 aliphatic carbocycles. The second-order valence-electron chi connectivity index (χ2n) is 6.97. The Morgan fingerprint density at radius 1 is 1.14 bits per heavy atom. The van der Waals surface area contributed by atoms with Gasteiger partial charge in [-0.15, -0.1) is 0 Å². The first-order valence-corrected chi connectivity index (χ1v) is 10.9. The summed E-state index contributed by atoms with van der Waals surface area (Å²) in [6, 6.07) is 8.18. The van der Waals surface area contributed by atoms with E-state index >= 15 is 0 Å². The van der Waals surface area contributed by atoms with Crippen LogP contribution in [0.4, 0.5) is 10.2 Å². The predicted octanol–water partition coefficient (Wildman–Crippen LogP) is 3.11. The molecule has 7 nitrogen and oxygen atoms in total. The Morgan fingerprint density at radius 3 is 2.55 bits per heavy atom. The molecule has 1 aliphatic heterocycles. The number of halogens is 1. The van der Waals surface area contributed by atoms with Crippen LogP contribution in [0.1, 0.15) is 24.2 Å². The summed E-state index contributed by atoms with van der Waals surface area (Å²) in [5.41, 5.74) is 1.19. The van der Waals surface area contributed by atoms with Gasteiger partial charge in [-0.05, 0) is 49.6 Å². The van der Waals surface area contributed by atoms with E-state index in [4.69, 9.17) is 0 Å². The van der Waals surface area contributed by atoms with Crippen molar-refractivity contribution in [2.75, 3.05) is 18.4 Å². The van der Waals surface area contributed by atoms with Gasteiger partial charge in [0.2, 0.25) is 10.0 Å². The third-order valence-electron chi connectivity index (χ3n) is 5.01. The van der Waals surface area contributed by atoms with Gasteiger partial charge >= 0.3 is 0 Å². The molecule has 1 aromatic carbocycles. The van der Waals surface area contributed by atoms with E-state index in [-0.39, 0.29) is 10.7 Å². The van der Waals surface area contributed by atoms with E-state index < -0.39 is 10.0 Å². The second kappa shape index (κ2) is 7.92. The van der Waals surface area contributed by atoms with Gasteiger partial charge in [0.05, 0.1) is 5.69 Å². The van der Waals surface area contributed by atoms with E-state index in [1.807, 2.05) is 13.0 Å². The molecule has 0 radical (unpaired) electrons. The minimum atomic E-state index is -3.47. The Bertz CT molecular complexity index is 1110. The second-order valence-corrected chi connectivity index (χ2v) is 8.91. The van der Waals surface area contributed by atoms with Gasteiger partial charge < -0.3 is 9.88 Å². The van der Waals surface area contributed by atoms with Crippen LogP contribution < -0.4 is 5.32 Å². The van der Waals surface area contributed by atoms with Gasteiger partial charge in [-0.25, -0.2) is 22.8 Å². The largest absolute Gasteiger partial charge is 0.366 e. The van der Waals surface area contributed by atoms with Crippen molar-refractivity contribution < 1.29 is 12.8 Å². The summed E-state index contributed by atoms with van der Waals surface area (Å²) in [5.74, 6) is 0.897. The summed E-state index contributed by atoms with van der Waals surface area (Å²) < 4.78 is 42.7. The molecule has 0 atom stereocenters. The number of anilines is 1. The van der Waals surface area contributed by atoms with Gasteiger partial charge in [0, 0.05) is 38.2 Å². The van der Waals surface area contributed by atoms with Crippen molar-refractivity contribution in [1.29, 1.82) is 0 Å². The zero-order valence-electron chi connectivity index (χ0n) is 16.0. The van der Waals surface area contributed by atoms with E-state index in [0.717, 1.165) is 18.4 Å². The lowest BCUT2D eigenvalue weighted by molar-refractivity contribution is 0.477. The molecule has 0 amide bonds. The zero-order chi connectivity index (χ0) is 20.4. The molecule has 0 saturated carbocycles. The molecule has 2 aromatic heterocycles.